The summed E-state index contributed by atoms with van der Waals surface area (Å²) in [6.45, 7) is 3.71. The molecule has 1 aliphatic heterocycles. The molecule has 1 saturated heterocycles. The number of hydrogen-bond donors (Lipinski definition) is 1. The number of benzene rings is 2. The number of likely N-dealkylation sites (N-methyl/N-ethyl adjacent to an activating group) is 1. The summed E-state index contributed by atoms with van der Waals surface area (Å²) in [5.41, 5.74) is 1.85. The van der Waals surface area contributed by atoms with Gasteiger partial charge in [-0.25, -0.2) is 4.79 Å². The van der Waals surface area contributed by atoms with Gasteiger partial charge in [-0.2, -0.15) is 13.2 Å². The van der Waals surface area contributed by atoms with Gasteiger partial charge in [-0.3, -0.25) is 4.98 Å². The average molecular weight is 458 g/mol. The van der Waals surface area contributed by atoms with E-state index in [1.807, 2.05) is 6.07 Å². The van der Waals surface area contributed by atoms with Gasteiger partial charge in [-0.1, -0.05) is 12.1 Å². The molecule has 2 heterocycles. The molecule has 3 aromatic rings. The average Bonchev–Trinajstić information content (AvgIpc) is 2.81. The number of carbonyl (C=O) groups excluding carboxylic acids is 1. The highest BCUT2D eigenvalue weighted by molar-refractivity contribution is 5.94. The van der Waals surface area contributed by atoms with Crippen molar-refractivity contribution in [1.29, 1.82) is 0 Å². The fourth-order valence-corrected chi connectivity index (χ4v) is 3.89. The first-order chi connectivity index (χ1) is 15.7. The Bertz CT molecular complexity index is 1160. The lowest BCUT2D eigenvalue weighted by molar-refractivity contribution is -0.137. The summed E-state index contributed by atoms with van der Waals surface area (Å²) in [6, 6.07) is 10.9. The number of piperazine rings is 1. The van der Waals surface area contributed by atoms with Crippen molar-refractivity contribution in [2.75, 3.05) is 50.6 Å². The second-order valence-corrected chi connectivity index (χ2v) is 8.12. The maximum atomic E-state index is 13.5. The molecule has 0 unspecified atom stereocenters. The molecule has 0 atom stereocenters. The van der Waals surface area contributed by atoms with Crippen LogP contribution in [0.2, 0.25) is 0 Å². The predicted octanol–water partition coefficient (Wildman–Crippen LogP) is 4.40. The van der Waals surface area contributed by atoms with Crippen LogP contribution in [0.4, 0.5) is 24.5 Å². The zero-order valence-corrected chi connectivity index (χ0v) is 18.4. The molecule has 1 N–H and O–H groups in total. The Morgan fingerprint density at radius 2 is 1.88 bits per heavy atom. The fraction of sp³-hybridized carbons (Fsp3) is 0.333. The van der Waals surface area contributed by atoms with Crippen molar-refractivity contribution in [3.8, 4) is 0 Å². The highest BCUT2D eigenvalue weighted by Gasteiger charge is 2.31. The molecular formula is C24H25F3N4O2. The molecule has 0 spiro atoms. The number of anilines is 2. The van der Waals surface area contributed by atoms with E-state index < -0.39 is 17.7 Å². The Morgan fingerprint density at radius 1 is 1.12 bits per heavy atom. The van der Waals surface area contributed by atoms with Gasteiger partial charge in [0.25, 0.3) is 0 Å². The van der Waals surface area contributed by atoms with E-state index in [9.17, 15) is 18.0 Å². The molecule has 1 aliphatic rings. The van der Waals surface area contributed by atoms with Crippen molar-refractivity contribution in [2.24, 2.45) is 0 Å². The van der Waals surface area contributed by atoms with Crippen LogP contribution < -0.4 is 10.2 Å². The first-order valence-corrected chi connectivity index (χ1v) is 10.6. The number of esters is 1. The summed E-state index contributed by atoms with van der Waals surface area (Å²) < 4.78 is 45.3. The van der Waals surface area contributed by atoms with Crippen LogP contribution in [0.15, 0.2) is 48.7 Å². The number of methoxy groups -OCH3 is 1. The molecule has 33 heavy (non-hydrogen) atoms. The molecule has 0 amide bonds. The zero-order valence-electron chi connectivity index (χ0n) is 18.4. The number of rotatable bonds is 5. The molecule has 1 fully saturated rings. The monoisotopic (exact) mass is 458 g/mol. The predicted molar refractivity (Wildman–Crippen MR) is 122 cm³/mol. The Balaban J connectivity index is 1.68. The molecule has 1 aromatic heterocycles. The summed E-state index contributed by atoms with van der Waals surface area (Å²) in [6.07, 6.45) is -2.86. The lowest BCUT2D eigenvalue weighted by Crippen LogP contribution is -2.44. The topological polar surface area (TPSA) is 57.7 Å². The van der Waals surface area contributed by atoms with Gasteiger partial charge in [0.15, 0.2) is 0 Å². The number of fused-ring (bicyclic) bond motifs is 1. The van der Waals surface area contributed by atoms with E-state index in [4.69, 9.17) is 4.74 Å². The number of nitrogens with zero attached hydrogens (tertiary/aromatic N) is 3. The van der Waals surface area contributed by atoms with Crippen molar-refractivity contribution in [2.45, 2.75) is 12.7 Å². The van der Waals surface area contributed by atoms with E-state index in [-0.39, 0.29) is 12.1 Å². The second-order valence-electron chi connectivity index (χ2n) is 8.12. The number of carbonyl (C=O) groups is 1. The van der Waals surface area contributed by atoms with Crippen LogP contribution in [0, 0.1) is 0 Å². The first kappa shape index (κ1) is 22.8. The van der Waals surface area contributed by atoms with Crippen LogP contribution >= 0.6 is 0 Å². The minimum Gasteiger partial charge on any atom is -0.465 e. The van der Waals surface area contributed by atoms with Crippen LogP contribution in [0.25, 0.3) is 10.9 Å². The van der Waals surface area contributed by atoms with Crippen LogP contribution in [0.3, 0.4) is 0 Å². The van der Waals surface area contributed by atoms with Crippen molar-refractivity contribution in [1.82, 2.24) is 9.88 Å². The summed E-state index contributed by atoms with van der Waals surface area (Å²) in [5, 5.41) is 3.73. The highest BCUT2D eigenvalue weighted by atomic mass is 19.4. The molecule has 2 aromatic carbocycles. The Hall–Kier alpha value is -3.33. The number of ether oxygens (including phenoxy) is 1. The maximum Gasteiger partial charge on any atom is 0.416 e. The Kier molecular flexibility index (Phi) is 6.42. The van der Waals surface area contributed by atoms with Crippen molar-refractivity contribution < 1.29 is 22.7 Å². The number of alkyl halides is 3. The lowest BCUT2D eigenvalue weighted by atomic mass is 10.1. The maximum absolute atomic E-state index is 13.5. The first-order valence-electron chi connectivity index (χ1n) is 10.6. The van der Waals surface area contributed by atoms with Crippen LogP contribution in [0.5, 0.6) is 0 Å². The largest absolute Gasteiger partial charge is 0.465 e. The molecule has 4 rings (SSSR count). The van der Waals surface area contributed by atoms with Gasteiger partial charge >= 0.3 is 12.1 Å². The van der Waals surface area contributed by atoms with Gasteiger partial charge in [0.05, 0.1) is 35.6 Å². The van der Waals surface area contributed by atoms with Gasteiger partial charge in [-0.15, -0.1) is 0 Å². The SMILES string of the molecule is COC(=O)c1cccc(CNc2cc(C(F)(F)F)cc3ncc(N4CCN(C)CC4)cc23)c1. The molecule has 0 radical (unpaired) electrons. The summed E-state index contributed by atoms with van der Waals surface area (Å²) in [7, 11) is 3.36. The molecule has 6 nitrogen and oxygen atoms in total. The lowest BCUT2D eigenvalue weighted by Gasteiger charge is -2.34. The van der Waals surface area contributed by atoms with E-state index in [2.05, 4.69) is 27.1 Å². The normalized spacial score (nSPS) is 15.0. The van der Waals surface area contributed by atoms with Gasteiger partial charge in [0.2, 0.25) is 0 Å². The molecule has 0 aliphatic carbocycles. The second kappa shape index (κ2) is 9.27. The molecule has 9 heteroatoms. The zero-order chi connectivity index (χ0) is 23.6. The van der Waals surface area contributed by atoms with Gasteiger partial charge in [0, 0.05) is 43.8 Å². The highest BCUT2D eigenvalue weighted by Crippen LogP contribution is 2.36. The minimum absolute atomic E-state index is 0.236. The Labute approximate surface area is 190 Å². The van der Waals surface area contributed by atoms with Gasteiger partial charge in [-0.05, 0) is 42.9 Å². The summed E-state index contributed by atoms with van der Waals surface area (Å²) in [5.74, 6) is -0.470. The number of aromatic nitrogens is 1. The standard InChI is InChI=1S/C24H25F3N4O2/c1-30-6-8-31(9-7-30)19-13-20-21(11-18(24(25,26)27)12-22(20)29-15-19)28-14-16-4-3-5-17(10-16)23(32)33-2/h3-5,10-13,15,28H,6-9,14H2,1-2H3. The summed E-state index contributed by atoms with van der Waals surface area (Å²) in [4.78, 5) is 20.6. The van der Waals surface area contributed by atoms with Gasteiger partial charge in [0.1, 0.15) is 0 Å². The number of pyridine rings is 1. The molecule has 0 bridgehead atoms. The van der Waals surface area contributed by atoms with Crippen LogP contribution in [-0.2, 0) is 17.5 Å². The fourth-order valence-electron chi connectivity index (χ4n) is 3.89. The number of halogens is 3. The quantitative estimate of drug-likeness (QED) is 0.572. The molecule has 0 saturated carbocycles. The van der Waals surface area contributed by atoms with Crippen molar-refractivity contribution >= 4 is 28.2 Å². The van der Waals surface area contributed by atoms with Gasteiger partial charge < -0.3 is 19.9 Å². The number of nitrogens with one attached hydrogen (secondary N) is 1. The third kappa shape index (κ3) is 5.19. The third-order valence-electron chi connectivity index (χ3n) is 5.81. The molecular weight excluding hydrogens is 433 g/mol. The third-order valence-corrected chi connectivity index (χ3v) is 5.81. The van der Waals surface area contributed by atoms with Crippen molar-refractivity contribution in [3.63, 3.8) is 0 Å². The van der Waals surface area contributed by atoms with Crippen LogP contribution in [-0.4, -0.2) is 56.2 Å². The van der Waals surface area contributed by atoms with E-state index in [0.29, 0.717) is 16.6 Å². The van der Waals surface area contributed by atoms with E-state index >= 15 is 0 Å². The van der Waals surface area contributed by atoms with Crippen molar-refractivity contribution in [3.05, 3.63) is 65.4 Å². The van der Waals surface area contributed by atoms with Crippen LogP contribution in [0.1, 0.15) is 21.5 Å². The van der Waals surface area contributed by atoms with E-state index in [1.54, 1.807) is 30.5 Å². The number of hydrogen-bond acceptors (Lipinski definition) is 6. The minimum atomic E-state index is -4.49. The summed E-state index contributed by atoms with van der Waals surface area (Å²) >= 11 is 0. The Morgan fingerprint density at radius 3 is 2.58 bits per heavy atom. The smallest absolute Gasteiger partial charge is 0.416 e. The van der Waals surface area contributed by atoms with E-state index in [1.165, 1.54) is 7.11 Å². The van der Waals surface area contributed by atoms with E-state index in [0.717, 1.165) is 49.6 Å². The molecule has 174 valence electrons.